The first-order chi connectivity index (χ1) is 8.56. The van der Waals surface area contributed by atoms with Crippen molar-refractivity contribution in [2.75, 3.05) is 5.32 Å². The molecule has 0 amide bonds. The van der Waals surface area contributed by atoms with Gasteiger partial charge < -0.3 is 10.4 Å². The minimum absolute atomic E-state index is 0.158. The Morgan fingerprint density at radius 1 is 0.944 bits per heavy atom. The maximum Gasteiger partial charge on any atom is 0.335 e. The van der Waals surface area contributed by atoms with E-state index in [9.17, 15) is 13.6 Å². The number of anilines is 2. The SMILES string of the molecule is O=C(O)c1ccc(Nc2ccc(F)c(F)c2)cc1. The number of halogens is 2. The lowest BCUT2D eigenvalue weighted by atomic mass is 10.2. The molecule has 0 aromatic heterocycles. The topological polar surface area (TPSA) is 49.3 Å². The van der Waals surface area contributed by atoms with E-state index in [0.29, 0.717) is 11.4 Å². The zero-order valence-electron chi connectivity index (χ0n) is 9.15. The Balaban J connectivity index is 2.18. The molecular formula is C13H9F2NO2. The van der Waals surface area contributed by atoms with E-state index < -0.39 is 17.6 Å². The van der Waals surface area contributed by atoms with Crippen molar-refractivity contribution in [3.05, 3.63) is 59.7 Å². The summed E-state index contributed by atoms with van der Waals surface area (Å²) in [5, 5.41) is 11.6. The molecule has 2 aromatic carbocycles. The molecule has 0 atom stereocenters. The quantitative estimate of drug-likeness (QED) is 0.876. The van der Waals surface area contributed by atoms with Crippen LogP contribution >= 0.6 is 0 Å². The van der Waals surface area contributed by atoms with E-state index in [0.717, 1.165) is 12.1 Å². The van der Waals surface area contributed by atoms with E-state index in [1.54, 1.807) is 12.1 Å². The third-order valence-corrected chi connectivity index (χ3v) is 2.34. The van der Waals surface area contributed by atoms with E-state index in [1.165, 1.54) is 18.2 Å². The summed E-state index contributed by atoms with van der Waals surface area (Å²) in [4.78, 5) is 10.6. The van der Waals surface area contributed by atoms with Gasteiger partial charge in [0.1, 0.15) is 0 Å². The van der Waals surface area contributed by atoms with Crippen LogP contribution < -0.4 is 5.32 Å². The highest BCUT2D eigenvalue weighted by atomic mass is 19.2. The Labute approximate surface area is 102 Å². The number of carboxylic acid groups (broad SMARTS) is 1. The molecule has 0 fully saturated rings. The number of rotatable bonds is 3. The number of hydrogen-bond acceptors (Lipinski definition) is 2. The number of aromatic carboxylic acids is 1. The summed E-state index contributed by atoms with van der Waals surface area (Å²) in [5.74, 6) is -2.88. The molecule has 0 spiro atoms. The van der Waals surface area contributed by atoms with Gasteiger partial charge in [0, 0.05) is 17.4 Å². The van der Waals surface area contributed by atoms with Crippen molar-refractivity contribution in [2.45, 2.75) is 0 Å². The van der Waals surface area contributed by atoms with E-state index in [2.05, 4.69) is 5.32 Å². The van der Waals surface area contributed by atoms with Crippen LogP contribution in [0.25, 0.3) is 0 Å². The Kier molecular flexibility index (Phi) is 3.23. The van der Waals surface area contributed by atoms with Gasteiger partial charge in [0.15, 0.2) is 11.6 Å². The zero-order valence-corrected chi connectivity index (χ0v) is 9.15. The number of benzene rings is 2. The Bertz CT molecular complexity index is 582. The normalized spacial score (nSPS) is 10.1. The van der Waals surface area contributed by atoms with Gasteiger partial charge in [-0.15, -0.1) is 0 Å². The molecule has 0 unspecified atom stereocenters. The summed E-state index contributed by atoms with van der Waals surface area (Å²) in [6.07, 6.45) is 0. The molecule has 92 valence electrons. The lowest BCUT2D eigenvalue weighted by Gasteiger charge is -2.06. The summed E-state index contributed by atoms with van der Waals surface area (Å²) in [7, 11) is 0. The fourth-order valence-electron chi connectivity index (χ4n) is 1.44. The number of carboxylic acids is 1. The fourth-order valence-corrected chi connectivity index (χ4v) is 1.44. The second-order valence-electron chi connectivity index (χ2n) is 3.64. The summed E-state index contributed by atoms with van der Waals surface area (Å²) in [6.45, 7) is 0. The predicted molar refractivity (Wildman–Crippen MR) is 63.0 cm³/mol. The molecule has 0 aliphatic carbocycles. The first kappa shape index (κ1) is 12.0. The molecule has 2 N–H and O–H groups in total. The van der Waals surface area contributed by atoms with Crippen molar-refractivity contribution in [1.29, 1.82) is 0 Å². The molecule has 18 heavy (non-hydrogen) atoms. The van der Waals surface area contributed by atoms with Gasteiger partial charge in [-0.3, -0.25) is 0 Å². The van der Waals surface area contributed by atoms with Gasteiger partial charge in [-0.2, -0.15) is 0 Å². The van der Waals surface area contributed by atoms with Crippen LogP contribution in [0.4, 0.5) is 20.2 Å². The van der Waals surface area contributed by atoms with Gasteiger partial charge in [0.05, 0.1) is 5.56 Å². The lowest BCUT2D eigenvalue weighted by Crippen LogP contribution is -1.97. The van der Waals surface area contributed by atoms with Crippen LogP contribution in [0.5, 0.6) is 0 Å². The van der Waals surface area contributed by atoms with E-state index in [-0.39, 0.29) is 5.56 Å². The van der Waals surface area contributed by atoms with Gasteiger partial charge in [0.25, 0.3) is 0 Å². The zero-order chi connectivity index (χ0) is 13.1. The van der Waals surface area contributed by atoms with Gasteiger partial charge >= 0.3 is 5.97 Å². The maximum absolute atomic E-state index is 13.0. The summed E-state index contributed by atoms with van der Waals surface area (Å²) >= 11 is 0. The van der Waals surface area contributed by atoms with Gasteiger partial charge in [-0.05, 0) is 36.4 Å². The molecule has 0 saturated carbocycles. The molecule has 0 aliphatic heterocycles. The Morgan fingerprint density at radius 2 is 1.56 bits per heavy atom. The largest absolute Gasteiger partial charge is 0.478 e. The molecule has 2 aromatic rings. The van der Waals surface area contributed by atoms with Crippen molar-refractivity contribution in [3.8, 4) is 0 Å². The third kappa shape index (κ3) is 2.63. The summed E-state index contributed by atoms with van der Waals surface area (Å²) in [6, 6.07) is 9.37. The van der Waals surface area contributed by atoms with Crippen LogP contribution in [0.1, 0.15) is 10.4 Å². The summed E-state index contributed by atoms with van der Waals surface area (Å²) in [5.41, 5.74) is 1.13. The van der Waals surface area contributed by atoms with Crippen molar-refractivity contribution in [2.24, 2.45) is 0 Å². The molecule has 5 heteroatoms. The second kappa shape index (κ2) is 4.83. The molecule has 0 radical (unpaired) electrons. The number of hydrogen-bond donors (Lipinski definition) is 2. The van der Waals surface area contributed by atoms with Gasteiger partial charge in [-0.1, -0.05) is 0 Å². The number of nitrogens with one attached hydrogen (secondary N) is 1. The fraction of sp³-hybridized carbons (Fsp3) is 0. The smallest absolute Gasteiger partial charge is 0.335 e. The monoisotopic (exact) mass is 249 g/mol. The Morgan fingerprint density at radius 3 is 2.11 bits per heavy atom. The van der Waals surface area contributed by atoms with E-state index in [4.69, 9.17) is 5.11 Å². The lowest BCUT2D eigenvalue weighted by molar-refractivity contribution is 0.0697. The van der Waals surface area contributed by atoms with Gasteiger partial charge in [-0.25, -0.2) is 13.6 Å². The highest BCUT2D eigenvalue weighted by Crippen LogP contribution is 2.19. The standard InChI is InChI=1S/C13H9F2NO2/c14-11-6-5-10(7-12(11)15)16-9-3-1-8(2-4-9)13(17)18/h1-7,16H,(H,17,18). The number of carbonyl (C=O) groups is 1. The van der Waals surface area contributed by atoms with E-state index >= 15 is 0 Å². The molecule has 2 rings (SSSR count). The summed E-state index contributed by atoms with van der Waals surface area (Å²) < 4.78 is 25.7. The van der Waals surface area contributed by atoms with Crippen molar-refractivity contribution in [3.63, 3.8) is 0 Å². The molecule has 0 aliphatic rings. The van der Waals surface area contributed by atoms with Crippen LogP contribution in [-0.4, -0.2) is 11.1 Å². The van der Waals surface area contributed by atoms with Crippen molar-refractivity contribution < 1.29 is 18.7 Å². The van der Waals surface area contributed by atoms with Crippen molar-refractivity contribution >= 4 is 17.3 Å². The first-order valence-corrected chi connectivity index (χ1v) is 5.12. The molecule has 0 saturated heterocycles. The third-order valence-electron chi connectivity index (χ3n) is 2.34. The highest BCUT2D eigenvalue weighted by molar-refractivity contribution is 5.88. The van der Waals surface area contributed by atoms with Crippen LogP contribution in [0.3, 0.4) is 0 Å². The first-order valence-electron chi connectivity index (χ1n) is 5.12. The molecular weight excluding hydrogens is 240 g/mol. The van der Waals surface area contributed by atoms with Crippen molar-refractivity contribution in [1.82, 2.24) is 0 Å². The minimum atomic E-state index is -1.02. The van der Waals surface area contributed by atoms with Crippen LogP contribution in [0, 0.1) is 11.6 Å². The minimum Gasteiger partial charge on any atom is -0.478 e. The Hall–Kier alpha value is -2.43. The van der Waals surface area contributed by atoms with Crippen LogP contribution in [0.15, 0.2) is 42.5 Å². The maximum atomic E-state index is 13.0. The average Bonchev–Trinajstić information content (AvgIpc) is 2.34. The molecule has 0 heterocycles. The predicted octanol–water partition coefficient (Wildman–Crippen LogP) is 3.41. The van der Waals surface area contributed by atoms with Crippen LogP contribution in [0.2, 0.25) is 0 Å². The highest BCUT2D eigenvalue weighted by Gasteiger charge is 2.04. The molecule has 3 nitrogen and oxygen atoms in total. The second-order valence-corrected chi connectivity index (χ2v) is 3.64. The molecule has 0 bridgehead atoms. The van der Waals surface area contributed by atoms with Crippen LogP contribution in [-0.2, 0) is 0 Å². The average molecular weight is 249 g/mol. The van der Waals surface area contributed by atoms with E-state index in [1.807, 2.05) is 0 Å². The van der Waals surface area contributed by atoms with Gasteiger partial charge in [0.2, 0.25) is 0 Å².